The van der Waals surface area contributed by atoms with E-state index in [0.717, 1.165) is 37.1 Å². The molecule has 0 amide bonds. The monoisotopic (exact) mass is 333 g/mol. The molecule has 0 aromatic heterocycles. The molecule has 0 saturated heterocycles. The van der Waals surface area contributed by atoms with Crippen molar-refractivity contribution in [1.29, 1.82) is 0 Å². The number of hydrogen-bond acceptors (Lipinski definition) is 3. The second-order valence-electron chi connectivity index (χ2n) is 4.08. The lowest BCUT2D eigenvalue weighted by Crippen LogP contribution is -2.22. The summed E-state index contributed by atoms with van der Waals surface area (Å²) in [4.78, 5) is 0. The number of unbranched alkanes of at least 4 members (excludes halogenated alkanes) is 1. The molecule has 0 unspecified atom stereocenters. The van der Waals surface area contributed by atoms with Crippen molar-refractivity contribution in [3.8, 4) is 5.75 Å². The third-order valence-electron chi connectivity index (χ3n) is 2.53. The highest BCUT2D eigenvalue weighted by atomic mass is 79.9. The Balaban J connectivity index is 2.03. The molecule has 0 bridgehead atoms. The maximum absolute atomic E-state index is 13.3. The van der Waals surface area contributed by atoms with E-state index in [0.29, 0.717) is 13.2 Å². The summed E-state index contributed by atoms with van der Waals surface area (Å²) >= 11 is 3.29. The average Bonchev–Trinajstić information content (AvgIpc) is 2.40. The molecule has 1 aromatic rings. The van der Waals surface area contributed by atoms with Crippen molar-refractivity contribution in [3.05, 3.63) is 28.5 Å². The normalized spacial score (nSPS) is 10.7. The van der Waals surface area contributed by atoms with E-state index in [2.05, 4.69) is 21.2 Å². The zero-order chi connectivity index (χ0) is 13.9. The standard InChI is InChI=1S/C14H21BrFNO2/c1-2-18-9-4-3-7-17-8-10-19-14-11-12(15)5-6-13(14)16/h5-6,11,17H,2-4,7-10H2,1H3. The molecule has 0 spiro atoms. The predicted octanol–water partition coefficient (Wildman–Crippen LogP) is 3.37. The first-order valence-corrected chi connectivity index (χ1v) is 7.39. The Morgan fingerprint density at radius 1 is 1.21 bits per heavy atom. The zero-order valence-electron chi connectivity index (χ0n) is 11.3. The fraction of sp³-hybridized carbons (Fsp3) is 0.571. The van der Waals surface area contributed by atoms with Gasteiger partial charge in [0.05, 0.1) is 0 Å². The summed E-state index contributed by atoms with van der Waals surface area (Å²) in [6, 6.07) is 4.68. The molecule has 108 valence electrons. The number of nitrogens with one attached hydrogen (secondary N) is 1. The molecule has 1 rings (SSSR count). The third-order valence-corrected chi connectivity index (χ3v) is 3.02. The van der Waals surface area contributed by atoms with Gasteiger partial charge in [-0.15, -0.1) is 0 Å². The molecule has 19 heavy (non-hydrogen) atoms. The van der Waals surface area contributed by atoms with Crippen LogP contribution in [0.2, 0.25) is 0 Å². The van der Waals surface area contributed by atoms with Gasteiger partial charge in [-0.3, -0.25) is 0 Å². The summed E-state index contributed by atoms with van der Waals surface area (Å²) in [5.74, 6) is -0.0487. The van der Waals surface area contributed by atoms with Gasteiger partial charge in [-0.1, -0.05) is 15.9 Å². The van der Waals surface area contributed by atoms with Crippen LogP contribution in [0, 0.1) is 5.82 Å². The van der Waals surface area contributed by atoms with E-state index in [1.165, 1.54) is 6.07 Å². The summed E-state index contributed by atoms with van der Waals surface area (Å²) in [6.07, 6.45) is 2.13. The topological polar surface area (TPSA) is 30.5 Å². The summed E-state index contributed by atoms with van der Waals surface area (Å²) < 4.78 is 24.8. The van der Waals surface area contributed by atoms with Crippen molar-refractivity contribution < 1.29 is 13.9 Å². The van der Waals surface area contributed by atoms with Gasteiger partial charge in [0, 0.05) is 24.2 Å². The van der Waals surface area contributed by atoms with Gasteiger partial charge in [0.1, 0.15) is 6.61 Å². The van der Waals surface area contributed by atoms with Crippen LogP contribution in [0.3, 0.4) is 0 Å². The van der Waals surface area contributed by atoms with Crippen LogP contribution in [-0.4, -0.2) is 32.9 Å². The van der Waals surface area contributed by atoms with Gasteiger partial charge in [0.2, 0.25) is 0 Å². The molecule has 0 heterocycles. The summed E-state index contributed by atoms with van der Waals surface area (Å²) in [7, 11) is 0. The zero-order valence-corrected chi connectivity index (χ0v) is 12.8. The molecule has 0 aliphatic rings. The van der Waals surface area contributed by atoms with Crippen LogP contribution in [-0.2, 0) is 4.74 Å². The molecule has 3 nitrogen and oxygen atoms in total. The lowest BCUT2D eigenvalue weighted by molar-refractivity contribution is 0.143. The molecule has 1 aromatic carbocycles. The first-order chi connectivity index (χ1) is 9.24. The van der Waals surface area contributed by atoms with Crippen molar-refractivity contribution in [2.24, 2.45) is 0 Å². The minimum atomic E-state index is -0.333. The van der Waals surface area contributed by atoms with Gasteiger partial charge in [0.15, 0.2) is 11.6 Å². The van der Waals surface area contributed by atoms with Crippen LogP contribution in [0.4, 0.5) is 4.39 Å². The largest absolute Gasteiger partial charge is 0.489 e. The number of rotatable bonds is 10. The van der Waals surface area contributed by atoms with Gasteiger partial charge in [0.25, 0.3) is 0 Å². The summed E-state index contributed by atoms with van der Waals surface area (Å²) in [5, 5.41) is 3.25. The smallest absolute Gasteiger partial charge is 0.165 e. The Labute approximate surface area is 122 Å². The molecule has 0 atom stereocenters. The molecule has 0 radical (unpaired) electrons. The Bertz CT molecular complexity index is 363. The minimum absolute atomic E-state index is 0.285. The van der Waals surface area contributed by atoms with E-state index in [1.54, 1.807) is 12.1 Å². The Hall–Kier alpha value is -0.650. The molecular formula is C14H21BrFNO2. The minimum Gasteiger partial charge on any atom is -0.489 e. The van der Waals surface area contributed by atoms with Gasteiger partial charge >= 0.3 is 0 Å². The molecule has 5 heteroatoms. The molecule has 0 aliphatic carbocycles. The van der Waals surface area contributed by atoms with E-state index >= 15 is 0 Å². The van der Waals surface area contributed by atoms with E-state index in [4.69, 9.17) is 9.47 Å². The van der Waals surface area contributed by atoms with Crippen LogP contribution < -0.4 is 10.1 Å². The molecule has 0 aliphatic heterocycles. The number of benzene rings is 1. The number of ether oxygens (including phenoxy) is 2. The SMILES string of the molecule is CCOCCCCNCCOc1cc(Br)ccc1F. The number of hydrogen-bond donors (Lipinski definition) is 1. The van der Waals surface area contributed by atoms with Crippen molar-refractivity contribution in [2.45, 2.75) is 19.8 Å². The Morgan fingerprint density at radius 2 is 2.05 bits per heavy atom. The van der Waals surface area contributed by atoms with E-state index in [1.807, 2.05) is 6.92 Å². The van der Waals surface area contributed by atoms with Gasteiger partial charge in [-0.2, -0.15) is 0 Å². The first-order valence-electron chi connectivity index (χ1n) is 6.60. The molecule has 0 fully saturated rings. The maximum atomic E-state index is 13.3. The van der Waals surface area contributed by atoms with Crippen molar-refractivity contribution >= 4 is 15.9 Å². The fourth-order valence-electron chi connectivity index (χ4n) is 1.54. The van der Waals surface area contributed by atoms with E-state index < -0.39 is 0 Å². The van der Waals surface area contributed by atoms with Crippen molar-refractivity contribution in [1.82, 2.24) is 5.32 Å². The fourth-order valence-corrected chi connectivity index (χ4v) is 1.88. The Kier molecular flexibility index (Phi) is 8.79. The highest BCUT2D eigenvalue weighted by Gasteiger charge is 2.03. The molecule has 1 N–H and O–H groups in total. The van der Waals surface area contributed by atoms with Crippen LogP contribution in [0.5, 0.6) is 5.75 Å². The predicted molar refractivity (Wildman–Crippen MR) is 78.2 cm³/mol. The molecule has 0 saturated carbocycles. The summed E-state index contributed by atoms with van der Waals surface area (Å²) in [5.41, 5.74) is 0. The molecular weight excluding hydrogens is 313 g/mol. The Morgan fingerprint density at radius 3 is 2.84 bits per heavy atom. The van der Waals surface area contributed by atoms with Crippen LogP contribution in [0.1, 0.15) is 19.8 Å². The van der Waals surface area contributed by atoms with Crippen molar-refractivity contribution in [3.63, 3.8) is 0 Å². The quantitative estimate of drug-likeness (QED) is 0.666. The van der Waals surface area contributed by atoms with E-state index in [9.17, 15) is 4.39 Å². The average molecular weight is 334 g/mol. The van der Waals surface area contributed by atoms with Crippen LogP contribution >= 0.6 is 15.9 Å². The maximum Gasteiger partial charge on any atom is 0.165 e. The second-order valence-corrected chi connectivity index (χ2v) is 4.99. The van der Waals surface area contributed by atoms with Crippen LogP contribution in [0.25, 0.3) is 0 Å². The highest BCUT2D eigenvalue weighted by Crippen LogP contribution is 2.21. The third kappa shape index (κ3) is 7.50. The first kappa shape index (κ1) is 16.4. The van der Waals surface area contributed by atoms with Crippen molar-refractivity contribution in [2.75, 3.05) is 32.9 Å². The number of halogens is 2. The second kappa shape index (κ2) is 10.2. The van der Waals surface area contributed by atoms with Gasteiger partial charge in [-0.25, -0.2) is 4.39 Å². The van der Waals surface area contributed by atoms with Gasteiger partial charge in [-0.05, 0) is 44.5 Å². The lowest BCUT2D eigenvalue weighted by atomic mass is 10.3. The van der Waals surface area contributed by atoms with E-state index in [-0.39, 0.29) is 11.6 Å². The van der Waals surface area contributed by atoms with Crippen LogP contribution in [0.15, 0.2) is 22.7 Å². The summed E-state index contributed by atoms with van der Waals surface area (Å²) in [6.45, 7) is 5.69. The van der Waals surface area contributed by atoms with Gasteiger partial charge < -0.3 is 14.8 Å². The highest BCUT2D eigenvalue weighted by molar-refractivity contribution is 9.10. The lowest BCUT2D eigenvalue weighted by Gasteiger charge is -2.08.